The molecule has 0 radical (unpaired) electrons. The largest absolute Gasteiger partial charge is 0.412 e. The first-order chi connectivity index (χ1) is 8.74. The number of hydrogen-bond donors (Lipinski definition) is 2. The molecule has 0 atom stereocenters. The van der Waals surface area contributed by atoms with Crippen molar-refractivity contribution in [2.45, 2.75) is 6.42 Å². The highest BCUT2D eigenvalue weighted by Crippen LogP contribution is 2.11. The van der Waals surface area contributed by atoms with Crippen LogP contribution in [-0.2, 0) is 6.42 Å². The van der Waals surface area contributed by atoms with Crippen LogP contribution >= 0.6 is 11.3 Å². The molecule has 5 nitrogen and oxygen atoms in total. The number of para-hydroxylation sites is 1. The van der Waals surface area contributed by atoms with Gasteiger partial charge >= 0.3 is 6.09 Å². The molecule has 0 saturated heterocycles. The molecule has 2 rings (SSSR count). The van der Waals surface area contributed by atoms with Crippen molar-refractivity contribution in [3.05, 3.63) is 41.4 Å². The van der Waals surface area contributed by atoms with Gasteiger partial charge in [0.15, 0.2) is 5.13 Å². The van der Waals surface area contributed by atoms with Crippen LogP contribution in [0, 0.1) is 0 Å². The van der Waals surface area contributed by atoms with Gasteiger partial charge in [0, 0.05) is 18.3 Å². The van der Waals surface area contributed by atoms with Crippen LogP contribution < -0.4 is 15.8 Å². The number of ether oxygens (including phenoxy) is 1. The van der Waals surface area contributed by atoms with Crippen molar-refractivity contribution >= 4 is 22.6 Å². The van der Waals surface area contributed by atoms with E-state index in [0.29, 0.717) is 23.8 Å². The molecule has 18 heavy (non-hydrogen) atoms. The number of nitrogens with one attached hydrogen (secondary N) is 1. The Balaban J connectivity index is 1.72. The molecule has 1 aromatic heterocycles. The van der Waals surface area contributed by atoms with Crippen molar-refractivity contribution in [2.75, 3.05) is 12.3 Å². The minimum Gasteiger partial charge on any atom is -0.410 e. The van der Waals surface area contributed by atoms with E-state index in [9.17, 15) is 4.79 Å². The monoisotopic (exact) mass is 263 g/mol. The number of thiazole rings is 1. The minimum atomic E-state index is -0.468. The average molecular weight is 263 g/mol. The molecule has 1 amide bonds. The number of nitrogens with two attached hydrogens (primary N) is 1. The highest BCUT2D eigenvalue weighted by Gasteiger charge is 2.04. The number of carbonyl (C=O) groups is 1. The van der Waals surface area contributed by atoms with Gasteiger partial charge in [0.05, 0.1) is 5.69 Å². The van der Waals surface area contributed by atoms with Gasteiger partial charge in [-0.2, -0.15) is 0 Å². The summed E-state index contributed by atoms with van der Waals surface area (Å²) in [6, 6.07) is 8.92. The lowest BCUT2D eigenvalue weighted by Gasteiger charge is -2.05. The summed E-state index contributed by atoms with van der Waals surface area (Å²) in [6.07, 6.45) is 0.168. The number of amides is 1. The van der Waals surface area contributed by atoms with Crippen LogP contribution in [-0.4, -0.2) is 17.6 Å². The zero-order valence-corrected chi connectivity index (χ0v) is 10.4. The molecule has 6 heteroatoms. The van der Waals surface area contributed by atoms with E-state index in [4.69, 9.17) is 10.5 Å². The fraction of sp³-hybridized carbons (Fsp3) is 0.167. The van der Waals surface area contributed by atoms with Crippen LogP contribution in [0.15, 0.2) is 35.7 Å². The Labute approximate surface area is 109 Å². The maximum absolute atomic E-state index is 11.4. The number of anilines is 1. The SMILES string of the molecule is Nc1nc(CCNC(=O)Oc2ccccc2)cs1. The molecule has 0 bridgehead atoms. The zero-order valence-electron chi connectivity index (χ0n) is 9.63. The summed E-state index contributed by atoms with van der Waals surface area (Å²) in [4.78, 5) is 15.5. The van der Waals surface area contributed by atoms with E-state index in [0.717, 1.165) is 5.69 Å². The summed E-state index contributed by atoms with van der Waals surface area (Å²) in [6.45, 7) is 0.467. The maximum Gasteiger partial charge on any atom is 0.412 e. The van der Waals surface area contributed by atoms with Gasteiger partial charge in [-0.3, -0.25) is 0 Å². The lowest BCUT2D eigenvalue weighted by molar-refractivity contribution is 0.200. The Bertz CT molecular complexity index is 513. The Morgan fingerprint density at radius 3 is 2.83 bits per heavy atom. The lowest BCUT2D eigenvalue weighted by atomic mass is 10.3. The summed E-state index contributed by atoms with van der Waals surface area (Å²) < 4.78 is 5.06. The van der Waals surface area contributed by atoms with Crippen LogP contribution in [0.3, 0.4) is 0 Å². The normalized spacial score (nSPS) is 10.0. The van der Waals surface area contributed by atoms with Gasteiger partial charge in [0.1, 0.15) is 5.75 Å². The number of carbonyl (C=O) groups excluding carboxylic acids is 1. The van der Waals surface area contributed by atoms with Crippen molar-refractivity contribution in [1.29, 1.82) is 0 Å². The van der Waals surface area contributed by atoms with Crippen LogP contribution in [0.4, 0.5) is 9.93 Å². The van der Waals surface area contributed by atoms with Crippen LogP contribution in [0.1, 0.15) is 5.69 Å². The second kappa shape index (κ2) is 6.02. The molecule has 3 N–H and O–H groups in total. The molecule has 0 unspecified atom stereocenters. The summed E-state index contributed by atoms with van der Waals surface area (Å²) in [5, 5.41) is 5.06. The summed E-state index contributed by atoms with van der Waals surface area (Å²) in [7, 11) is 0. The second-order valence-electron chi connectivity index (χ2n) is 3.56. The number of benzene rings is 1. The van der Waals surface area contributed by atoms with Gasteiger partial charge in [-0.15, -0.1) is 11.3 Å². The van der Waals surface area contributed by atoms with Crippen molar-refractivity contribution < 1.29 is 9.53 Å². The Hall–Kier alpha value is -2.08. The fourth-order valence-electron chi connectivity index (χ4n) is 1.36. The first-order valence-electron chi connectivity index (χ1n) is 5.44. The standard InChI is InChI=1S/C12H13N3O2S/c13-11-15-9(8-18-11)6-7-14-12(16)17-10-4-2-1-3-5-10/h1-5,8H,6-7H2,(H2,13,15)(H,14,16). The average Bonchev–Trinajstić information content (AvgIpc) is 2.76. The molecule has 0 aliphatic carbocycles. The molecule has 0 spiro atoms. The van der Waals surface area contributed by atoms with Crippen molar-refractivity contribution in [2.24, 2.45) is 0 Å². The van der Waals surface area contributed by atoms with Crippen LogP contribution in [0.2, 0.25) is 0 Å². The quantitative estimate of drug-likeness (QED) is 0.885. The zero-order chi connectivity index (χ0) is 12.8. The molecule has 0 aliphatic heterocycles. The molecule has 1 aromatic carbocycles. The van der Waals surface area contributed by atoms with E-state index < -0.39 is 6.09 Å². The third kappa shape index (κ3) is 3.74. The number of hydrogen-bond acceptors (Lipinski definition) is 5. The van der Waals surface area contributed by atoms with E-state index in [1.54, 1.807) is 24.3 Å². The highest BCUT2D eigenvalue weighted by molar-refractivity contribution is 7.13. The Morgan fingerprint density at radius 2 is 2.17 bits per heavy atom. The van der Waals surface area contributed by atoms with Crippen molar-refractivity contribution in [1.82, 2.24) is 10.3 Å². The third-order valence-corrected chi connectivity index (χ3v) is 2.90. The molecule has 0 aliphatic rings. The second-order valence-corrected chi connectivity index (χ2v) is 4.45. The predicted octanol–water partition coefficient (Wildman–Crippen LogP) is 2.06. The molecule has 2 aromatic rings. The van der Waals surface area contributed by atoms with E-state index in [-0.39, 0.29) is 0 Å². The maximum atomic E-state index is 11.4. The van der Waals surface area contributed by atoms with Gasteiger partial charge in [-0.1, -0.05) is 18.2 Å². The van der Waals surface area contributed by atoms with Gasteiger partial charge in [-0.05, 0) is 12.1 Å². The number of nitrogen functional groups attached to an aromatic ring is 1. The molecule has 1 heterocycles. The van der Waals surface area contributed by atoms with Crippen molar-refractivity contribution in [3.8, 4) is 5.75 Å². The van der Waals surface area contributed by atoms with E-state index in [2.05, 4.69) is 10.3 Å². The number of aromatic nitrogens is 1. The fourth-order valence-corrected chi connectivity index (χ4v) is 1.96. The van der Waals surface area contributed by atoms with Gasteiger partial charge in [0.2, 0.25) is 0 Å². The van der Waals surface area contributed by atoms with E-state index >= 15 is 0 Å². The molecule has 0 saturated carbocycles. The first kappa shape index (κ1) is 12.4. The first-order valence-corrected chi connectivity index (χ1v) is 6.32. The molecular weight excluding hydrogens is 250 g/mol. The highest BCUT2D eigenvalue weighted by atomic mass is 32.1. The van der Waals surface area contributed by atoms with Gasteiger partial charge < -0.3 is 15.8 Å². The summed E-state index contributed by atoms with van der Waals surface area (Å²) in [5.41, 5.74) is 6.38. The Kier molecular flexibility index (Phi) is 4.14. The summed E-state index contributed by atoms with van der Waals surface area (Å²) in [5.74, 6) is 0.521. The van der Waals surface area contributed by atoms with Crippen LogP contribution in [0.5, 0.6) is 5.75 Å². The minimum absolute atomic E-state index is 0.467. The van der Waals surface area contributed by atoms with E-state index in [1.165, 1.54) is 11.3 Å². The van der Waals surface area contributed by atoms with Gasteiger partial charge in [-0.25, -0.2) is 9.78 Å². The van der Waals surface area contributed by atoms with Gasteiger partial charge in [0.25, 0.3) is 0 Å². The summed E-state index contributed by atoms with van der Waals surface area (Å²) >= 11 is 1.39. The van der Waals surface area contributed by atoms with Crippen LogP contribution in [0.25, 0.3) is 0 Å². The topological polar surface area (TPSA) is 77.2 Å². The number of rotatable bonds is 4. The predicted molar refractivity (Wildman–Crippen MR) is 70.7 cm³/mol. The Morgan fingerprint density at radius 1 is 1.39 bits per heavy atom. The lowest BCUT2D eigenvalue weighted by Crippen LogP contribution is -2.28. The molecule has 94 valence electrons. The molecule has 0 fully saturated rings. The smallest absolute Gasteiger partial charge is 0.410 e. The molecular formula is C12H13N3O2S. The van der Waals surface area contributed by atoms with Crippen molar-refractivity contribution in [3.63, 3.8) is 0 Å². The number of nitrogens with zero attached hydrogens (tertiary/aromatic N) is 1. The van der Waals surface area contributed by atoms with E-state index in [1.807, 2.05) is 11.4 Å². The third-order valence-electron chi connectivity index (χ3n) is 2.17.